The molecule has 2 aromatic heterocycles. The van der Waals surface area contributed by atoms with Crippen LogP contribution < -0.4 is 5.32 Å². The van der Waals surface area contributed by atoms with E-state index < -0.39 is 0 Å². The summed E-state index contributed by atoms with van der Waals surface area (Å²) in [5.74, 6) is -0.138. The van der Waals surface area contributed by atoms with Gasteiger partial charge in [0.05, 0.1) is 17.3 Å². The molecule has 0 aliphatic carbocycles. The molecule has 22 heavy (non-hydrogen) atoms. The lowest BCUT2D eigenvalue weighted by Crippen LogP contribution is -2.26. The third kappa shape index (κ3) is 3.01. The highest BCUT2D eigenvalue weighted by Crippen LogP contribution is 2.15. The Bertz CT molecular complexity index is 738. The van der Waals surface area contributed by atoms with Crippen molar-refractivity contribution in [2.75, 3.05) is 0 Å². The van der Waals surface area contributed by atoms with Gasteiger partial charge in [-0.25, -0.2) is 9.67 Å². The van der Waals surface area contributed by atoms with Crippen LogP contribution in [0.4, 0.5) is 0 Å². The van der Waals surface area contributed by atoms with Crippen molar-refractivity contribution in [2.24, 2.45) is 0 Å². The Morgan fingerprint density at radius 2 is 2.00 bits per heavy atom. The van der Waals surface area contributed by atoms with Gasteiger partial charge in [0.1, 0.15) is 12.7 Å². The molecule has 6 heteroatoms. The van der Waals surface area contributed by atoms with Crippen molar-refractivity contribution in [3.05, 3.63) is 72.6 Å². The summed E-state index contributed by atoms with van der Waals surface area (Å²) >= 11 is 0. The van der Waals surface area contributed by atoms with E-state index in [9.17, 15) is 4.79 Å². The smallest absolute Gasteiger partial charge is 0.253 e. The Kier molecular flexibility index (Phi) is 3.91. The van der Waals surface area contributed by atoms with Gasteiger partial charge in [0.25, 0.3) is 5.91 Å². The topological polar surface area (TPSA) is 72.7 Å². The van der Waals surface area contributed by atoms with Crippen molar-refractivity contribution >= 4 is 5.91 Å². The number of benzene rings is 1. The Hall–Kier alpha value is -3.02. The molecule has 0 bridgehead atoms. The summed E-state index contributed by atoms with van der Waals surface area (Å²) in [5, 5.41) is 7.03. The summed E-state index contributed by atoms with van der Waals surface area (Å²) in [6, 6.07) is 11.2. The van der Waals surface area contributed by atoms with Crippen molar-refractivity contribution in [1.82, 2.24) is 25.1 Å². The lowest BCUT2D eigenvalue weighted by Gasteiger charge is -2.14. The van der Waals surface area contributed by atoms with Gasteiger partial charge in [-0.1, -0.05) is 12.1 Å². The largest absolute Gasteiger partial charge is 0.345 e. The first-order valence-electron chi connectivity index (χ1n) is 6.90. The first-order valence-corrected chi connectivity index (χ1v) is 6.90. The number of carbonyl (C=O) groups is 1. The summed E-state index contributed by atoms with van der Waals surface area (Å²) in [6.45, 7) is 1.94. The fourth-order valence-electron chi connectivity index (χ4n) is 2.12. The fraction of sp³-hybridized carbons (Fsp3) is 0.125. The van der Waals surface area contributed by atoms with Crippen LogP contribution in [0.2, 0.25) is 0 Å². The molecule has 1 atom stereocenters. The standard InChI is InChI=1S/C16H15N5O/c1-12(20-16(22)14-3-2-8-17-9-14)13-4-6-15(7-5-13)21-11-18-10-19-21/h2-12H,1H3,(H,20,22). The summed E-state index contributed by atoms with van der Waals surface area (Å²) in [5.41, 5.74) is 2.49. The van der Waals surface area contributed by atoms with E-state index in [-0.39, 0.29) is 11.9 Å². The Morgan fingerprint density at radius 1 is 1.18 bits per heavy atom. The van der Waals surface area contributed by atoms with E-state index in [0.29, 0.717) is 5.56 Å². The van der Waals surface area contributed by atoms with Gasteiger partial charge in [-0.15, -0.1) is 0 Å². The second-order valence-electron chi connectivity index (χ2n) is 4.87. The fourth-order valence-corrected chi connectivity index (χ4v) is 2.12. The van der Waals surface area contributed by atoms with Gasteiger partial charge in [0, 0.05) is 12.4 Å². The van der Waals surface area contributed by atoms with Gasteiger partial charge in [0.15, 0.2) is 0 Å². The molecule has 3 aromatic rings. The SMILES string of the molecule is CC(NC(=O)c1cccnc1)c1ccc(-n2cncn2)cc1. The van der Waals surface area contributed by atoms with E-state index in [1.165, 1.54) is 6.33 Å². The molecule has 2 heterocycles. The maximum absolute atomic E-state index is 12.1. The summed E-state index contributed by atoms with van der Waals surface area (Å²) in [6.07, 6.45) is 6.33. The molecule has 1 aromatic carbocycles. The quantitative estimate of drug-likeness (QED) is 0.800. The molecule has 110 valence electrons. The molecule has 3 rings (SSSR count). The van der Waals surface area contributed by atoms with Crippen LogP contribution in [0.3, 0.4) is 0 Å². The summed E-state index contributed by atoms with van der Waals surface area (Å²) < 4.78 is 1.68. The van der Waals surface area contributed by atoms with Gasteiger partial charge >= 0.3 is 0 Å². The number of rotatable bonds is 4. The van der Waals surface area contributed by atoms with Crippen LogP contribution in [0.5, 0.6) is 0 Å². The number of hydrogen-bond donors (Lipinski definition) is 1. The molecule has 0 spiro atoms. The van der Waals surface area contributed by atoms with Crippen LogP contribution in [0, 0.1) is 0 Å². The molecule has 1 unspecified atom stereocenters. The predicted octanol–water partition coefficient (Wildman–Crippen LogP) is 2.15. The minimum Gasteiger partial charge on any atom is -0.345 e. The molecular weight excluding hydrogens is 278 g/mol. The lowest BCUT2D eigenvalue weighted by atomic mass is 10.1. The lowest BCUT2D eigenvalue weighted by molar-refractivity contribution is 0.0939. The first kappa shape index (κ1) is 13.9. The highest BCUT2D eigenvalue weighted by molar-refractivity contribution is 5.94. The van der Waals surface area contributed by atoms with E-state index in [4.69, 9.17) is 0 Å². The van der Waals surface area contributed by atoms with E-state index >= 15 is 0 Å². The van der Waals surface area contributed by atoms with Crippen LogP contribution in [0.25, 0.3) is 5.69 Å². The molecule has 1 N–H and O–H groups in total. The number of pyridine rings is 1. The van der Waals surface area contributed by atoms with Gasteiger partial charge in [-0.05, 0) is 36.8 Å². The number of amides is 1. The molecule has 0 radical (unpaired) electrons. The number of nitrogens with zero attached hydrogens (tertiary/aromatic N) is 4. The summed E-state index contributed by atoms with van der Waals surface area (Å²) in [4.78, 5) is 20.0. The monoisotopic (exact) mass is 293 g/mol. The Labute approximate surface area is 127 Å². The van der Waals surface area contributed by atoms with Crippen molar-refractivity contribution in [3.63, 3.8) is 0 Å². The molecule has 6 nitrogen and oxygen atoms in total. The molecule has 0 aliphatic rings. The predicted molar refractivity (Wildman–Crippen MR) is 81.5 cm³/mol. The second kappa shape index (κ2) is 6.17. The molecule has 0 saturated heterocycles. The normalized spacial score (nSPS) is 11.9. The maximum atomic E-state index is 12.1. The third-order valence-corrected chi connectivity index (χ3v) is 3.35. The minimum absolute atomic E-state index is 0.0995. The Balaban J connectivity index is 1.70. The van der Waals surface area contributed by atoms with Gasteiger partial charge in [0.2, 0.25) is 0 Å². The number of carbonyl (C=O) groups excluding carboxylic acids is 1. The van der Waals surface area contributed by atoms with Crippen LogP contribution >= 0.6 is 0 Å². The number of aromatic nitrogens is 4. The highest BCUT2D eigenvalue weighted by Gasteiger charge is 2.11. The van der Waals surface area contributed by atoms with Crippen LogP contribution in [0.15, 0.2) is 61.4 Å². The average Bonchev–Trinajstić information content (AvgIpc) is 3.10. The molecule has 0 aliphatic heterocycles. The van der Waals surface area contributed by atoms with Crippen LogP contribution in [-0.2, 0) is 0 Å². The summed E-state index contributed by atoms with van der Waals surface area (Å²) in [7, 11) is 0. The van der Waals surface area contributed by atoms with Gasteiger partial charge in [-0.2, -0.15) is 5.10 Å². The highest BCUT2D eigenvalue weighted by atomic mass is 16.1. The van der Waals surface area contributed by atoms with E-state index in [1.807, 2.05) is 31.2 Å². The number of hydrogen-bond acceptors (Lipinski definition) is 4. The average molecular weight is 293 g/mol. The minimum atomic E-state index is -0.138. The van der Waals surface area contributed by atoms with Crippen LogP contribution in [-0.4, -0.2) is 25.7 Å². The zero-order valence-electron chi connectivity index (χ0n) is 12.0. The molecule has 1 amide bonds. The number of nitrogens with one attached hydrogen (secondary N) is 1. The molecular formula is C16H15N5O. The van der Waals surface area contributed by atoms with Crippen molar-refractivity contribution < 1.29 is 4.79 Å². The van der Waals surface area contributed by atoms with Crippen molar-refractivity contribution in [2.45, 2.75) is 13.0 Å². The molecule has 0 fully saturated rings. The molecule has 0 saturated carbocycles. The Morgan fingerprint density at radius 3 is 2.64 bits per heavy atom. The zero-order chi connectivity index (χ0) is 15.4. The van der Waals surface area contributed by atoms with E-state index in [0.717, 1.165) is 11.3 Å². The maximum Gasteiger partial charge on any atom is 0.253 e. The van der Waals surface area contributed by atoms with E-state index in [1.54, 1.807) is 35.5 Å². The van der Waals surface area contributed by atoms with Crippen molar-refractivity contribution in [3.8, 4) is 5.69 Å². The third-order valence-electron chi connectivity index (χ3n) is 3.35. The van der Waals surface area contributed by atoms with Gasteiger partial charge < -0.3 is 5.32 Å². The van der Waals surface area contributed by atoms with Crippen LogP contribution in [0.1, 0.15) is 28.9 Å². The van der Waals surface area contributed by atoms with E-state index in [2.05, 4.69) is 20.4 Å². The first-order chi connectivity index (χ1) is 10.7. The van der Waals surface area contributed by atoms with Gasteiger partial charge in [-0.3, -0.25) is 9.78 Å². The van der Waals surface area contributed by atoms with Crippen molar-refractivity contribution in [1.29, 1.82) is 0 Å². The second-order valence-corrected chi connectivity index (χ2v) is 4.87. The zero-order valence-corrected chi connectivity index (χ0v) is 12.0.